The summed E-state index contributed by atoms with van der Waals surface area (Å²) >= 11 is 0. The van der Waals surface area contributed by atoms with E-state index < -0.39 is 23.5 Å². The average Bonchev–Trinajstić information content (AvgIpc) is 3.51. The normalized spacial score (nSPS) is 23.5. The number of nitrogens with one attached hydrogen (secondary N) is 1. The molecule has 1 N–H and O–H groups in total. The van der Waals surface area contributed by atoms with Gasteiger partial charge in [-0.15, -0.1) is 0 Å². The fourth-order valence-electron chi connectivity index (χ4n) is 5.39. The van der Waals surface area contributed by atoms with Crippen molar-refractivity contribution in [3.8, 4) is 11.5 Å². The monoisotopic (exact) mass is 469 g/mol. The Morgan fingerprint density at radius 3 is 2.26 bits per heavy atom. The number of hydrogen-bond acceptors (Lipinski definition) is 6. The van der Waals surface area contributed by atoms with Gasteiger partial charge in [0.25, 0.3) is 0 Å². The topological polar surface area (TPSA) is 90.9 Å². The Morgan fingerprint density at radius 2 is 1.57 bits per heavy atom. The van der Waals surface area contributed by atoms with E-state index >= 15 is 0 Å². The SMILES string of the molecule is Cc1ccc(C2OC3(C(=O)c4ccccc4C3=O)C(C)C2C(=O)Nc2ccc3c(c2)OCO3)cc1. The number of fused-ring (bicyclic) bond motifs is 2. The Bertz CT molecular complexity index is 1340. The molecule has 3 atom stereocenters. The number of Topliss-reactive ketones (excluding diaryl/α,β-unsaturated/α-hetero) is 2. The number of benzene rings is 3. The van der Waals surface area contributed by atoms with Crippen molar-refractivity contribution in [1.29, 1.82) is 0 Å². The van der Waals surface area contributed by atoms with Crippen LogP contribution in [-0.2, 0) is 9.53 Å². The Kier molecular flexibility index (Phi) is 4.79. The van der Waals surface area contributed by atoms with Crippen molar-refractivity contribution in [2.75, 3.05) is 12.1 Å². The van der Waals surface area contributed by atoms with E-state index in [4.69, 9.17) is 14.2 Å². The van der Waals surface area contributed by atoms with Crippen LogP contribution in [0.3, 0.4) is 0 Å². The number of ketones is 2. The second-order valence-corrected chi connectivity index (χ2v) is 9.26. The van der Waals surface area contributed by atoms with Crippen LogP contribution in [0.4, 0.5) is 5.69 Å². The summed E-state index contributed by atoms with van der Waals surface area (Å²) in [6.07, 6.45) is -0.776. The molecule has 0 radical (unpaired) electrons. The number of ether oxygens (including phenoxy) is 3. The molecule has 7 heteroatoms. The highest BCUT2D eigenvalue weighted by Crippen LogP contribution is 2.54. The van der Waals surface area contributed by atoms with Gasteiger partial charge in [-0.25, -0.2) is 0 Å². The van der Waals surface area contributed by atoms with Crippen LogP contribution >= 0.6 is 0 Å². The van der Waals surface area contributed by atoms with Gasteiger partial charge in [0.1, 0.15) is 0 Å². The van der Waals surface area contributed by atoms with Gasteiger partial charge in [-0.2, -0.15) is 0 Å². The van der Waals surface area contributed by atoms with Crippen LogP contribution in [0, 0.1) is 18.8 Å². The molecule has 176 valence electrons. The van der Waals surface area contributed by atoms with Gasteiger partial charge in [-0.1, -0.05) is 61.0 Å². The van der Waals surface area contributed by atoms with Gasteiger partial charge >= 0.3 is 0 Å². The molecule has 0 bridgehead atoms. The Balaban J connectivity index is 1.40. The van der Waals surface area contributed by atoms with E-state index in [1.807, 2.05) is 31.2 Å². The lowest BCUT2D eigenvalue weighted by atomic mass is 9.76. The molecule has 35 heavy (non-hydrogen) atoms. The minimum atomic E-state index is -1.74. The third-order valence-electron chi connectivity index (χ3n) is 7.26. The quantitative estimate of drug-likeness (QED) is 0.568. The molecule has 3 aromatic carbocycles. The lowest BCUT2D eigenvalue weighted by Gasteiger charge is -2.25. The molecular weight excluding hydrogens is 446 g/mol. The van der Waals surface area contributed by atoms with Crippen molar-refractivity contribution in [3.63, 3.8) is 0 Å². The first-order valence-electron chi connectivity index (χ1n) is 11.5. The summed E-state index contributed by atoms with van der Waals surface area (Å²) in [5.41, 5.74) is 1.25. The summed E-state index contributed by atoms with van der Waals surface area (Å²) in [7, 11) is 0. The summed E-state index contributed by atoms with van der Waals surface area (Å²) < 4.78 is 17.2. The number of carbonyl (C=O) groups is 3. The summed E-state index contributed by atoms with van der Waals surface area (Å²) in [6, 6.07) is 19.5. The molecule has 1 saturated heterocycles. The number of rotatable bonds is 3. The van der Waals surface area contributed by atoms with Gasteiger partial charge in [0, 0.05) is 28.8 Å². The first-order chi connectivity index (χ1) is 16.9. The molecule has 0 aromatic heterocycles. The zero-order valence-electron chi connectivity index (χ0n) is 19.2. The standard InChI is InChI=1S/C28H23NO6/c1-15-7-9-17(10-8-15)24-23(27(32)29-18-11-12-21-22(13-18)34-14-33-21)16(2)28(35-24)25(30)19-5-3-4-6-20(19)26(28)31/h3-13,16,23-24H,14H2,1-2H3,(H,29,32). The van der Waals surface area contributed by atoms with E-state index in [0.29, 0.717) is 28.3 Å². The lowest BCUT2D eigenvalue weighted by molar-refractivity contribution is -0.122. The van der Waals surface area contributed by atoms with Crippen LogP contribution in [-0.4, -0.2) is 29.9 Å². The van der Waals surface area contributed by atoms with Crippen LogP contribution < -0.4 is 14.8 Å². The number of anilines is 1. The maximum Gasteiger partial charge on any atom is 0.231 e. The minimum Gasteiger partial charge on any atom is -0.454 e. The maximum atomic E-state index is 13.7. The molecular formula is C28H23NO6. The highest BCUT2D eigenvalue weighted by atomic mass is 16.7. The fraction of sp³-hybridized carbons (Fsp3) is 0.250. The predicted octanol–water partition coefficient (Wildman–Crippen LogP) is 4.50. The van der Waals surface area contributed by atoms with Crippen LogP contribution in [0.15, 0.2) is 66.7 Å². The molecule has 1 amide bonds. The predicted molar refractivity (Wildman–Crippen MR) is 127 cm³/mol. The van der Waals surface area contributed by atoms with Crippen LogP contribution in [0.1, 0.15) is 44.9 Å². The third-order valence-corrected chi connectivity index (χ3v) is 7.26. The second-order valence-electron chi connectivity index (χ2n) is 9.26. The first-order valence-corrected chi connectivity index (χ1v) is 11.5. The molecule has 3 aliphatic rings. The molecule has 3 unspecified atom stereocenters. The van der Waals surface area contributed by atoms with Crippen molar-refractivity contribution in [2.24, 2.45) is 11.8 Å². The van der Waals surface area contributed by atoms with Gasteiger partial charge in [-0.3, -0.25) is 14.4 Å². The summed E-state index contributed by atoms with van der Waals surface area (Å²) in [6.45, 7) is 3.84. The van der Waals surface area contributed by atoms with E-state index in [1.54, 1.807) is 49.4 Å². The first kappa shape index (κ1) is 21.6. The van der Waals surface area contributed by atoms with E-state index in [2.05, 4.69) is 5.32 Å². The molecule has 0 saturated carbocycles. The Morgan fingerprint density at radius 1 is 0.914 bits per heavy atom. The van der Waals surface area contributed by atoms with Crippen molar-refractivity contribution in [3.05, 3.63) is 89.0 Å². The molecule has 1 spiro atoms. The molecule has 7 nitrogen and oxygen atoms in total. The van der Waals surface area contributed by atoms with Gasteiger partial charge in [0.05, 0.1) is 12.0 Å². The fourth-order valence-corrected chi connectivity index (χ4v) is 5.39. The third kappa shape index (κ3) is 3.12. The average molecular weight is 469 g/mol. The van der Waals surface area contributed by atoms with E-state index in [9.17, 15) is 14.4 Å². The highest BCUT2D eigenvalue weighted by Gasteiger charge is 2.67. The largest absolute Gasteiger partial charge is 0.454 e. The summed E-state index contributed by atoms with van der Waals surface area (Å²) in [4.78, 5) is 41.0. The Hall–Kier alpha value is -3.97. The summed E-state index contributed by atoms with van der Waals surface area (Å²) in [5, 5.41) is 2.94. The zero-order chi connectivity index (χ0) is 24.3. The van der Waals surface area contributed by atoms with Gasteiger partial charge in [0.15, 0.2) is 17.1 Å². The number of carbonyl (C=O) groups excluding carboxylic acids is 3. The Labute approximate surface area is 202 Å². The van der Waals surface area contributed by atoms with E-state index in [1.165, 1.54) is 0 Å². The van der Waals surface area contributed by atoms with Crippen LogP contribution in [0.25, 0.3) is 0 Å². The molecule has 1 aliphatic carbocycles. The van der Waals surface area contributed by atoms with Gasteiger partial charge < -0.3 is 19.5 Å². The van der Waals surface area contributed by atoms with Crippen LogP contribution in [0.5, 0.6) is 11.5 Å². The molecule has 2 aliphatic heterocycles. The van der Waals surface area contributed by atoms with Gasteiger partial charge in [-0.05, 0) is 24.6 Å². The van der Waals surface area contributed by atoms with E-state index in [-0.39, 0.29) is 24.3 Å². The maximum absolute atomic E-state index is 13.7. The molecule has 6 rings (SSSR count). The lowest BCUT2D eigenvalue weighted by Crippen LogP contribution is -2.47. The highest BCUT2D eigenvalue weighted by molar-refractivity contribution is 6.32. The van der Waals surface area contributed by atoms with Gasteiger partial charge in [0.2, 0.25) is 24.3 Å². The van der Waals surface area contributed by atoms with Crippen molar-refractivity contribution < 1.29 is 28.6 Å². The van der Waals surface area contributed by atoms with Crippen molar-refractivity contribution >= 4 is 23.2 Å². The zero-order valence-corrected chi connectivity index (χ0v) is 19.2. The molecule has 1 fully saturated rings. The van der Waals surface area contributed by atoms with Crippen molar-refractivity contribution in [2.45, 2.75) is 25.6 Å². The second kappa shape index (κ2) is 7.78. The van der Waals surface area contributed by atoms with Crippen molar-refractivity contribution in [1.82, 2.24) is 0 Å². The number of aryl methyl sites for hydroxylation is 1. The smallest absolute Gasteiger partial charge is 0.231 e. The molecule has 3 aromatic rings. The van der Waals surface area contributed by atoms with Crippen LogP contribution in [0.2, 0.25) is 0 Å². The minimum absolute atomic E-state index is 0.128. The molecule has 2 heterocycles. The number of amides is 1. The summed E-state index contributed by atoms with van der Waals surface area (Å²) in [5.74, 6) is -1.45. The van der Waals surface area contributed by atoms with E-state index in [0.717, 1.165) is 11.1 Å². The number of hydrogen-bond donors (Lipinski definition) is 1.